The summed E-state index contributed by atoms with van der Waals surface area (Å²) >= 11 is 0. The Balaban J connectivity index is 2.17. The molecule has 0 aromatic carbocycles. The summed E-state index contributed by atoms with van der Waals surface area (Å²) in [6.45, 7) is 0. The van der Waals surface area contributed by atoms with Crippen LogP contribution in [0.1, 0.15) is 25.7 Å². The summed E-state index contributed by atoms with van der Waals surface area (Å²) in [6, 6.07) is 0. The van der Waals surface area contributed by atoms with Crippen molar-refractivity contribution in [3.63, 3.8) is 0 Å². The van der Waals surface area contributed by atoms with Crippen molar-refractivity contribution in [1.29, 1.82) is 0 Å². The van der Waals surface area contributed by atoms with Gasteiger partial charge in [-0.2, -0.15) is 0 Å². The number of allylic oxidation sites excluding steroid dienone is 2. The summed E-state index contributed by atoms with van der Waals surface area (Å²) in [7, 11) is 0. The minimum absolute atomic E-state index is 0.303. The number of terminal acetylenes is 1. The third-order valence-electron chi connectivity index (χ3n) is 2.95. The van der Waals surface area contributed by atoms with Crippen LogP contribution in [0.3, 0.4) is 0 Å². The van der Waals surface area contributed by atoms with Gasteiger partial charge in [-0.3, -0.25) is 4.79 Å². The second-order valence-electron chi connectivity index (χ2n) is 3.69. The maximum Gasteiger partial charge on any atom is 0.156 e. The molecule has 2 rings (SSSR count). The molecule has 0 saturated heterocycles. The van der Waals surface area contributed by atoms with Gasteiger partial charge in [0.25, 0.3) is 0 Å². The quantitative estimate of drug-likeness (QED) is 0.536. The molecule has 1 heteroatoms. The van der Waals surface area contributed by atoms with Crippen molar-refractivity contribution in [2.75, 3.05) is 0 Å². The van der Waals surface area contributed by atoms with Gasteiger partial charge < -0.3 is 0 Å². The molecular weight excluding hydrogens is 148 g/mol. The molecule has 0 spiro atoms. The molecule has 1 saturated carbocycles. The molecule has 0 aromatic heterocycles. The first kappa shape index (κ1) is 7.61. The van der Waals surface area contributed by atoms with E-state index in [1.807, 2.05) is 6.08 Å². The Morgan fingerprint density at radius 2 is 2.42 bits per heavy atom. The van der Waals surface area contributed by atoms with Crippen LogP contribution in [0.5, 0.6) is 0 Å². The Morgan fingerprint density at radius 1 is 1.58 bits per heavy atom. The smallest absolute Gasteiger partial charge is 0.156 e. The van der Waals surface area contributed by atoms with E-state index in [0.717, 1.165) is 12.8 Å². The summed E-state index contributed by atoms with van der Waals surface area (Å²) in [5.74, 6) is 4.06. The summed E-state index contributed by atoms with van der Waals surface area (Å²) in [5.41, 5.74) is 1.35. The standard InChI is InChI=1S/C11H12O/c1-2-3-8-4-5-9-6-10(12)7-11(8)9/h1,7-9H,3-6H2/t8-,9+/m1/s1. The molecule has 0 aliphatic heterocycles. The molecule has 12 heavy (non-hydrogen) atoms. The van der Waals surface area contributed by atoms with Crippen LogP contribution in [0.2, 0.25) is 0 Å². The summed E-state index contributed by atoms with van der Waals surface area (Å²) in [5, 5.41) is 0. The lowest BCUT2D eigenvalue weighted by Crippen LogP contribution is -1.96. The van der Waals surface area contributed by atoms with Crippen molar-refractivity contribution < 1.29 is 4.79 Å². The first-order valence-corrected chi connectivity index (χ1v) is 4.49. The molecule has 2 atom stereocenters. The average molecular weight is 160 g/mol. The molecule has 0 bridgehead atoms. The fourth-order valence-electron chi connectivity index (χ4n) is 2.37. The second kappa shape index (κ2) is 2.79. The molecule has 62 valence electrons. The van der Waals surface area contributed by atoms with E-state index in [1.165, 1.54) is 18.4 Å². The lowest BCUT2D eigenvalue weighted by Gasteiger charge is -2.06. The predicted molar refractivity (Wildman–Crippen MR) is 47.4 cm³/mol. The van der Waals surface area contributed by atoms with Crippen molar-refractivity contribution >= 4 is 5.78 Å². The topological polar surface area (TPSA) is 17.1 Å². The van der Waals surface area contributed by atoms with Gasteiger partial charge >= 0.3 is 0 Å². The molecule has 0 amide bonds. The van der Waals surface area contributed by atoms with Gasteiger partial charge in [0.15, 0.2) is 5.78 Å². The van der Waals surface area contributed by atoms with E-state index in [4.69, 9.17) is 6.42 Å². The van der Waals surface area contributed by atoms with E-state index in [1.54, 1.807) is 0 Å². The molecule has 0 radical (unpaired) electrons. The summed E-state index contributed by atoms with van der Waals surface area (Å²) in [4.78, 5) is 11.1. The molecule has 1 fully saturated rings. The number of hydrogen-bond acceptors (Lipinski definition) is 1. The van der Waals surface area contributed by atoms with Crippen molar-refractivity contribution in [2.45, 2.75) is 25.7 Å². The highest BCUT2D eigenvalue weighted by molar-refractivity contribution is 5.93. The van der Waals surface area contributed by atoms with Crippen LogP contribution in [-0.2, 0) is 4.79 Å². The Kier molecular flexibility index (Phi) is 1.77. The highest BCUT2D eigenvalue weighted by Crippen LogP contribution is 2.43. The molecule has 2 aliphatic rings. The minimum atomic E-state index is 0.303. The van der Waals surface area contributed by atoms with Crippen LogP contribution in [0, 0.1) is 24.2 Å². The second-order valence-corrected chi connectivity index (χ2v) is 3.69. The summed E-state index contributed by atoms with van der Waals surface area (Å²) in [6.07, 6.45) is 11.0. The zero-order valence-electron chi connectivity index (χ0n) is 7.05. The highest BCUT2D eigenvalue weighted by atomic mass is 16.1. The van der Waals surface area contributed by atoms with Crippen LogP contribution in [0.15, 0.2) is 11.6 Å². The maximum absolute atomic E-state index is 11.1. The van der Waals surface area contributed by atoms with Crippen LogP contribution in [0.25, 0.3) is 0 Å². The third kappa shape index (κ3) is 1.08. The Bertz CT molecular complexity index is 280. The van der Waals surface area contributed by atoms with Crippen LogP contribution in [0.4, 0.5) is 0 Å². The molecule has 0 N–H and O–H groups in total. The van der Waals surface area contributed by atoms with Gasteiger partial charge in [-0.1, -0.05) is 5.57 Å². The summed E-state index contributed by atoms with van der Waals surface area (Å²) < 4.78 is 0. The number of carbonyl (C=O) groups is 1. The van der Waals surface area contributed by atoms with Crippen molar-refractivity contribution in [2.24, 2.45) is 11.8 Å². The Hall–Kier alpha value is -1.03. The van der Waals surface area contributed by atoms with E-state index in [-0.39, 0.29) is 0 Å². The number of ketones is 1. The van der Waals surface area contributed by atoms with E-state index in [0.29, 0.717) is 17.6 Å². The third-order valence-corrected chi connectivity index (χ3v) is 2.95. The lowest BCUT2D eigenvalue weighted by atomic mass is 9.97. The highest BCUT2D eigenvalue weighted by Gasteiger charge is 2.34. The fraction of sp³-hybridized carbons (Fsp3) is 0.545. The maximum atomic E-state index is 11.1. The Morgan fingerprint density at radius 3 is 3.17 bits per heavy atom. The van der Waals surface area contributed by atoms with Crippen LogP contribution < -0.4 is 0 Å². The van der Waals surface area contributed by atoms with Gasteiger partial charge in [0.05, 0.1) is 0 Å². The van der Waals surface area contributed by atoms with Crippen LogP contribution >= 0.6 is 0 Å². The molecule has 1 nitrogen and oxygen atoms in total. The van der Waals surface area contributed by atoms with Gasteiger partial charge in [-0.05, 0) is 30.8 Å². The largest absolute Gasteiger partial charge is 0.295 e. The van der Waals surface area contributed by atoms with Gasteiger partial charge in [0, 0.05) is 12.8 Å². The van der Waals surface area contributed by atoms with Gasteiger partial charge in [0.2, 0.25) is 0 Å². The first-order chi connectivity index (χ1) is 5.81. The SMILES string of the molecule is C#CC[C@@H]1CC[C@H]2CC(=O)C=C12. The van der Waals surface area contributed by atoms with E-state index < -0.39 is 0 Å². The number of hydrogen-bond donors (Lipinski definition) is 0. The minimum Gasteiger partial charge on any atom is -0.295 e. The zero-order chi connectivity index (χ0) is 8.55. The normalized spacial score (nSPS) is 32.9. The van der Waals surface area contributed by atoms with Gasteiger partial charge in [0.1, 0.15) is 0 Å². The van der Waals surface area contributed by atoms with Crippen molar-refractivity contribution in [3.05, 3.63) is 11.6 Å². The zero-order valence-corrected chi connectivity index (χ0v) is 7.05. The fourth-order valence-corrected chi connectivity index (χ4v) is 2.37. The number of fused-ring (bicyclic) bond motifs is 1. The molecule has 0 heterocycles. The lowest BCUT2D eigenvalue weighted by molar-refractivity contribution is -0.114. The average Bonchev–Trinajstić information content (AvgIpc) is 2.52. The number of carbonyl (C=O) groups excluding carboxylic acids is 1. The number of rotatable bonds is 1. The van der Waals surface area contributed by atoms with Gasteiger partial charge in [-0.25, -0.2) is 0 Å². The van der Waals surface area contributed by atoms with Crippen molar-refractivity contribution in [3.8, 4) is 12.3 Å². The van der Waals surface area contributed by atoms with E-state index in [2.05, 4.69) is 5.92 Å². The molecule has 0 unspecified atom stereocenters. The molecule has 2 aliphatic carbocycles. The monoisotopic (exact) mass is 160 g/mol. The first-order valence-electron chi connectivity index (χ1n) is 4.49. The predicted octanol–water partition coefficient (Wildman–Crippen LogP) is 1.94. The van der Waals surface area contributed by atoms with Crippen LogP contribution in [-0.4, -0.2) is 5.78 Å². The van der Waals surface area contributed by atoms with Crippen molar-refractivity contribution in [1.82, 2.24) is 0 Å². The molecular formula is C11H12O. The van der Waals surface area contributed by atoms with E-state index >= 15 is 0 Å². The Labute approximate surface area is 72.8 Å². The molecule has 0 aromatic rings. The van der Waals surface area contributed by atoms with E-state index in [9.17, 15) is 4.79 Å². The van der Waals surface area contributed by atoms with Gasteiger partial charge in [-0.15, -0.1) is 12.3 Å².